The fourth-order valence-corrected chi connectivity index (χ4v) is 6.46. The number of rotatable bonds is 15. The van der Waals surface area contributed by atoms with E-state index in [2.05, 4.69) is 57.3 Å². The van der Waals surface area contributed by atoms with Crippen LogP contribution in [0.1, 0.15) is 92.1 Å². The molecule has 0 saturated carbocycles. The van der Waals surface area contributed by atoms with E-state index < -0.39 is 11.3 Å². The van der Waals surface area contributed by atoms with Gasteiger partial charge in [-0.2, -0.15) is 4.21 Å². The van der Waals surface area contributed by atoms with E-state index >= 15 is 0 Å². The maximum Gasteiger partial charge on any atom is 0.318 e. The molecule has 2 aromatic carbocycles. The van der Waals surface area contributed by atoms with Crippen molar-refractivity contribution in [1.29, 1.82) is 0 Å². The maximum absolute atomic E-state index is 13.1. The van der Waals surface area contributed by atoms with Gasteiger partial charge in [-0.1, -0.05) is 103 Å². The first-order chi connectivity index (χ1) is 18.5. The molecule has 1 atom stereocenters. The minimum atomic E-state index is -1.85. The number of anilines is 1. The van der Waals surface area contributed by atoms with E-state index in [0.29, 0.717) is 28.3 Å². The van der Waals surface area contributed by atoms with Gasteiger partial charge >= 0.3 is 11.3 Å². The molecule has 0 aliphatic heterocycles. The lowest BCUT2D eigenvalue weighted by atomic mass is 9.72. The monoisotopic (exact) mass is 590 g/mol. The Bertz CT molecular complexity index is 1200. The lowest BCUT2D eigenvalue weighted by molar-refractivity contribution is 0.281. The zero-order chi connectivity index (χ0) is 28.5. The smallest absolute Gasteiger partial charge is 0.318 e. The summed E-state index contributed by atoms with van der Waals surface area (Å²) in [6, 6.07) is 13.5. The van der Waals surface area contributed by atoms with Gasteiger partial charge in [-0.15, -0.1) is 11.3 Å². The fourth-order valence-electron chi connectivity index (χ4n) is 4.85. The molecule has 0 aliphatic carbocycles. The summed E-state index contributed by atoms with van der Waals surface area (Å²) >= 11 is 5.52. The fraction of sp³-hybridized carbons (Fsp3) is 0.516. The summed E-state index contributed by atoms with van der Waals surface area (Å²) in [7, 11) is 0. The minimum absolute atomic E-state index is 0.0914. The molecule has 0 saturated heterocycles. The zero-order valence-electron chi connectivity index (χ0n) is 24.1. The van der Waals surface area contributed by atoms with Crippen LogP contribution in [0, 0.1) is 5.41 Å². The molecule has 1 N–H and O–H groups in total. The molecule has 3 aromatic rings. The van der Waals surface area contributed by atoms with Crippen molar-refractivity contribution in [3.8, 4) is 22.8 Å². The third-order valence-corrected chi connectivity index (χ3v) is 8.26. The predicted molar refractivity (Wildman–Crippen MR) is 167 cm³/mol. The molecule has 0 amide bonds. The number of aromatic nitrogens is 1. The first-order valence-corrected chi connectivity index (χ1v) is 16.2. The summed E-state index contributed by atoms with van der Waals surface area (Å²) in [5.74, 6) is 1.08. The van der Waals surface area contributed by atoms with Crippen LogP contribution in [0.2, 0.25) is 5.02 Å². The number of unbranched alkanes of at least 4 members (excludes halogenated alkanes) is 5. The van der Waals surface area contributed by atoms with Crippen molar-refractivity contribution in [1.82, 2.24) is 4.98 Å². The van der Waals surface area contributed by atoms with Crippen molar-refractivity contribution in [3.63, 3.8) is 0 Å². The first kappa shape index (κ1) is 31.4. The van der Waals surface area contributed by atoms with Crippen molar-refractivity contribution < 1.29 is 13.1 Å². The zero-order valence-corrected chi connectivity index (χ0v) is 26.5. The number of hydrogen-bond donors (Lipinski definition) is 1. The van der Waals surface area contributed by atoms with E-state index in [1.807, 2.05) is 41.8 Å². The molecule has 3 rings (SSSR count). The van der Waals surface area contributed by atoms with Gasteiger partial charge in [-0.25, -0.2) is 9.71 Å². The molecule has 1 unspecified atom stereocenters. The average Bonchev–Trinajstić information content (AvgIpc) is 3.31. The molecular formula is C31H43ClN2O3S2. The third kappa shape index (κ3) is 10.4. The second-order valence-electron chi connectivity index (χ2n) is 11.9. The standard InChI is InChI=1S/C31H43ClN2O3S2/c1-7-8-9-10-11-12-19-36-27-18-15-24(31(5,6)22-30(2,3)4)20-28(27)37-39(35)34-29-33-26(21-38-29)23-13-16-25(32)17-14-23/h13-18,20-21H,7-12,19,22H2,1-6H3,(H,33,34). The number of nitrogens with zero attached hydrogens (tertiary/aromatic N) is 1. The molecule has 0 radical (unpaired) electrons. The van der Waals surface area contributed by atoms with Crippen molar-refractivity contribution in [2.75, 3.05) is 11.3 Å². The van der Waals surface area contributed by atoms with Crippen LogP contribution in [0.25, 0.3) is 11.3 Å². The Morgan fingerprint density at radius 3 is 2.33 bits per heavy atom. The minimum Gasteiger partial charge on any atom is -0.490 e. The van der Waals surface area contributed by atoms with Crippen LogP contribution in [0.5, 0.6) is 11.5 Å². The molecule has 8 heteroatoms. The lowest BCUT2D eigenvalue weighted by Gasteiger charge is -2.33. The predicted octanol–water partition coefficient (Wildman–Crippen LogP) is 9.99. The normalized spacial score (nSPS) is 12.8. The topological polar surface area (TPSA) is 60.5 Å². The maximum atomic E-state index is 13.1. The molecular weight excluding hydrogens is 548 g/mol. The number of nitrogens with one attached hydrogen (secondary N) is 1. The highest BCUT2D eigenvalue weighted by Gasteiger charge is 2.28. The van der Waals surface area contributed by atoms with E-state index in [9.17, 15) is 4.21 Å². The second kappa shape index (κ2) is 14.5. The highest BCUT2D eigenvalue weighted by atomic mass is 35.5. The van der Waals surface area contributed by atoms with E-state index in [4.69, 9.17) is 20.5 Å². The highest BCUT2D eigenvalue weighted by Crippen LogP contribution is 2.40. The lowest BCUT2D eigenvalue weighted by Crippen LogP contribution is -2.25. The summed E-state index contributed by atoms with van der Waals surface area (Å²) in [5, 5.41) is 3.09. The van der Waals surface area contributed by atoms with Gasteiger partial charge in [0, 0.05) is 16.0 Å². The summed E-state index contributed by atoms with van der Waals surface area (Å²) in [4.78, 5) is 4.56. The second-order valence-corrected chi connectivity index (χ2v) is 14.0. The van der Waals surface area contributed by atoms with Crippen LogP contribution in [0.4, 0.5) is 5.13 Å². The summed E-state index contributed by atoms with van der Waals surface area (Å²) in [6.45, 7) is 14.0. The van der Waals surface area contributed by atoms with Gasteiger partial charge < -0.3 is 8.92 Å². The number of halogens is 1. The van der Waals surface area contributed by atoms with Gasteiger partial charge in [0.1, 0.15) is 0 Å². The average molecular weight is 591 g/mol. The Hall–Kier alpha value is -2.09. The van der Waals surface area contributed by atoms with Crippen LogP contribution in [-0.4, -0.2) is 15.8 Å². The SMILES string of the molecule is CCCCCCCCOc1ccc(C(C)(C)CC(C)(C)C)cc1OS(=O)Nc1nc(-c2ccc(Cl)cc2)cs1. The van der Waals surface area contributed by atoms with E-state index in [-0.39, 0.29) is 10.8 Å². The molecule has 1 heterocycles. The van der Waals surface area contributed by atoms with Gasteiger partial charge in [0.2, 0.25) is 0 Å². The van der Waals surface area contributed by atoms with Crippen LogP contribution in [0.3, 0.4) is 0 Å². The van der Waals surface area contributed by atoms with Crippen molar-refractivity contribution in [3.05, 3.63) is 58.4 Å². The van der Waals surface area contributed by atoms with Gasteiger partial charge in [-0.3, -0.25) is 0 Å². The Morgan fingerprint density at radius 1 is 0.949 bits per heavy atom. The van der Waals surface area contributed by atoms with E-state index in [1.165, 1.54) is 37.0 Å². The number of thiazole rings is 1. The molecule has 0 spiro atoms. The van der Waals surface area contributed by atoms with Gasteiger partial charge in [0.15, 0.2) is 16.6 Å². The van der Waals surface area contributed by atoms with Crippen molar-refractivity contribution >= 4 is 39.3 Å². The number of benzene rings is 2. The Kier molecular flexibility index (Phi) is 11.7. The third-order valence-electron chi connectivity index (χ3n) is 6.43. The highest BCUT2D eigenvalue weighted by molar-refractivity contribution is 7.82. The van der Waals surface area contributed by atoms with Crippen LogP contribution in [0.15, 0.2) is 47.8 Å². The Morgan fingerprint density at radius 2 is 1.64 bits per heavy atom. The molecule has 39 heavy (non-hydrogen) atoms. The first-order valence-electron chi connectivity index (χ1n) is 13.8. The summed E-state index contributed by atoms with van der Waals surface area (Å²) < 4.78 is 28.0. The molecule has 0 bridgehead atoms. The molecule has 1 aromatic heterocycles. The Balaban J connectivity index is 1.72. The van der Waals surface area contributed by atoms with Crippen molar-refractivity contribution in [2.45, 2.75) is 91.9 Å². The van der Waals surface area contributed by atoms with Gasteiger partial charge in [0.05, 0.1) is 12.3 Å². The van der Waals surface area contributed by atoms with Gasteiger partial charge in [0.25, 0.3) is 0 Å². The summed E-state index contributed by atoms with van der Waals surface area (Å²) in [6.07, 6.45) is 8.12. The van der Waals surface area contributed by atoms with E-state index in [0.717, 1.165) is 36.1 Å². The number of hydrogen-bond acceptors (Lipinski definition) is 5. The van der Waals surface area contributed by atoms with Crippen LogP contribution in [-0.2, 0) is 16.7 Å². The molecule has 5 nitrogen and oxygen atoms in total. The van der Waals surface area contributed by atoms with Crippen molar-refractivity contribution in [2.24, 2.45) is 5.41 Å². The number of ether oxygens (including phenoxy) is 1. The molecule has 214 valence electrons. The van der Waals surface area contributed by atoms with Gasteiger partial charge in [-0.05, 0) is 53.5 Å². The molecule has 0 aliphatic rings. The summed E-state index contributed by atoms with van der Waals surface area (Å²) in [5.41, 5.74) is 2.91. The Labute approximate surface area is 246 Å². The quantitative estimate of drug-likeness (QED) is 0.179. The van der Waals surface area contributed by atoms with E-state index in [1.54, 1.807) is 0 Å². The largest absolute Gasteiger partial charge is 0.490 e. The molecule has 0 fully saturated rings. The van der Waals surface area contributed by atoms with Crippen LogP contribution >= 0.6 is 22.9 Å². The van der Waals surface area contributed by atoms with Crippen LogP contribution < -0.4 is 13.6 Å².